The van der Waals surface area contributed by atoms with Gasteiger partial charge in [0.1, 0.15) is 48.8 Å². The summed E-state index contributed by atoms with van der Waals surface area (Å²) in [6.07, 6.45) is -15.8. The summed E-state index contributed by atoms with van der Waals surface area (Å²) in [5.41, 5.74) is 0.515. The monoisotopic (exact) mass is 624 g/mol. The maximum atomic E-state index is 12.3. The van der Waals surface area contributed by atoms with Crippen molar-refractivity contribution in [1.29, 1.82) is 0 Å². The first-order chi connectivity index (χ1) is 20.4. The molecule has 0 amide bonds. The molecule has 0 bridgehead atoms. The highest BCUT2D eigenvalue weighted by atomic mass is 16.7. The summed E-state index contributed by atoms with van der Waals surface area (Å²) in [5, 5.41) is 91.4. The van der Waals surface area contributed by atoms with Crippen LogP contribution in [0.15, 0.2) is 11.8 Å². The van der Waals surface area contributed by atoms with Gasteiger partial charge in [0.2, 0.25) is 6.29 Å². The first-order valence-electron chi connectivity index (χ1n) is 14.4. The van der Waals surface area contributed by atoms with Crippen LogP contribution in [-0.2, 0) is 33.2 Å². The molecule has 3 aliphatic heterocycles. The minimum atomic E-state index is -1.73. The third-order valence-electron chi connectivity index (χ3n) is 8.48. The van der Waals surface area contributed by atoms with E-state index in [0.29, 0.717) is 5.57 Å². The molecule has 1 saturated carbocycles. The molecule has 4 rings (SSSR count). The van der Waals surface area contributed by atoms with Crippen molar-refractivity contribution in [3.05, 3.63) is 11.8 Å². The Labute approximate surface area is 248 Å². The largest absolute Gasteiger partial charge is 0.462 e. The van der Waals surface area contributed by atoms with E-state index in [-0.39, 0.29) is 32.0 Å². The molecule has 1 aliphatic carbocycles. The molecule has 0 radical (unpaired) electrons. The molecular weight excluding hydrogens is 580 g/mol. The van der Waals surface area contributed by atoms with Gasteiger partial charge in [-0.05, 0) is 23.8 Å². The van der Waals surface area contributed by atoms with Gasteiger partial charge in [0.05, 0.1) is 32.2 Å². The number of hydrogen-bond acceptors (Lipinski definition) is 16. The molecule has 3 fully saturated rings. The number of hydrogen-bond donors (Lipinski definition) is 9. The smallest absolute Gasteiger partial charge is 0.309 e. The fourth-order valence-electron chi connectivity index (χ4n) is 6.04. The summed E-state index contributed by atoms with van der Waals surface area (Å²) < 4.78 is 33.3. The van der Waals surface area contributed by atoms with Gasteiger partial charge in [0.25, 0.3) is 0 Å². The van der Waals surface area contributed by atoms with Crippen LogP contribution < -0.4 is 0 Å². The summed E-state index contributed by atoms with van der Waals surface area (Å²) in [5.74, 6) is -2.06. The van der Waals surface area contributed by atoms with Crippen molar-refractivity contribution >= 4 is 5.97 Å². The Balaban J connectivity index is 1.39. The summed E-state index contributed by atoms with van der Waals surface area (Å²) in [4.78, 5) is 12.3. The van der Waals surface area contributed by atoms with Gasteiger partial charge in [-0.3, -0.25) is 4.79 Å². The van der Waals surface area contributed by atoms with Gasteiger partial charge in [-0.1, -0.05) is 13.8 Å². The second-order valence-electron chi connectivity index (χ2n) is 12.0. The van der Waals surface area contributed by atoms with Crippen LogP contribution in [0.1, 0.15) is 26.7 Å². The number of rotatable bonds is 11. The van der Waals surface area contributed by atoms with Gasteiger partial charge in [-0.2, -0.15) is 0 Å². The van der Waals surface area contributed by atoms with E-state index >= 15 is 0 Å². The topological polar surface area (TPSA) is 255 Å². The maximum Gasteiger partial charge on any atom is 0.309 e. The molecule has 15 atom stereocenters. The van der Waals surface area contributed by atoms with Crippen molar-refractivity contribution in [1.82, 2.24) is 0 Å². The fraction of sp³-hybridized carbons (Fsp3) is 0.889. The Kier molecular flexibility index (Phi) is 11.8. The molecule has 0 aromatic rings. The second kappa shape index (κ2) is 14.7. The lowest BCUT2D eigenvalue weighted by molar-refractivity contribution is -0.330. The Morgan fingerprint density at radius 2 is 1.44 bits per heavy atom. The van der Waals surface area contributed by atoms with E-state index in [4.69, 9.17) is 28.4 Å². The fourth-order valence-corrected chi connectivity index (χ4v) is 6.04. The van der Waals surface area contributed by atoms with E-state index < -0.39 is 111 Å². The highest BCUT2D eigenvalue weighted by molar-refractivity contribution is 5.69. The van der Waals surface area contributed by atoms with Crippen LogP contribution in [0.3, 0.4) is 0 Å². The van der Waals surface area contributed by atoms with Crippen LogP contribution in [0.4, 0.5) is 0 Å². The number of fused-ring (bicyclic) bond motifs is 1. The van der Waals surface area contributed by atoms with Crippen LogP contribution in [0.2, 0.25) is 0 Å². The quantitative estimate of drug-likeness (QED) is 0.0995. The molecule has 16 heteroatoms. The Hall–Kier alpha value is -1.51. The van der Waals surface area contributed by atoms with Crippen LogP contribution in [0.25, 0.3) is 0 Å². The second-order valence-corrected chi connectivity index (χ2v) is 12.0. The van der Waals surface area contributed by atoms with Crippen LogP contribution in [-0.4, -0.2) is 152 Å². The molecule has 0 spiro atoms. The van der Waals surface area contributed by atoms with Gasteiger partial charge in [0, 0.05) is 24.9 Å². The molecule has 3 heterocycles. The van der Waals surface area contributed by atoms with Gasteiger partial charge < -0.3 is 74.4 Å². The lowest BCUT2D eigenvalue weighted by Crippen LogP contribution is -2.61. The first-order valence-corrected chi connectivity index (χ1v) is 14.4. The van der Waals surface area contributed by atoms with Crippen LogP contribution in [0.5, 0.6) is 0 Å². The van der Waals surface area contributed by atoms with E-state index in [1.807, 2.05) is 13.8 Å². The van der Waals surface area contributed by atoms with Crippen molar-refractivity contribution < 1.29 is 79.2 Å². The van der Waals surface area contributed by atoms with Crippen LogP contribution in [0, 0.1) is 23.7 Å². The van der Waals surface area contributed by atoms with E-state index in [1.165, 1.54) is 6.26 Å². The lowest BCUT2D eigenvalue weighted by Gasteiger charge is -2.43. The van der Waals surface area contributed by atoms with Gasteiger partial charge >= 0.3 is 5.97 Å². The van der Waals surface area contributed by atoms with Crippen molar-refractivity contribution in [3.63, 3.8) is 0 Å². The molecule has 16 nitrogen and oxygen atoms in total. The van der Waals surface area contributed by atoms with Gasteiger partial charge in [-0.15, -0.1) is 0 Å². The molecule has 9 N–H and O–H groups in total. The standard InChI is InChI=1S/C27H44O16/c1-10(2)3-17(31)43-25-18-12(4-14(30)13(18)5-28)11(7-38-25)8-39-26-24(37)22(35)20(33)16(42-26)9-40-27-23(36)21(34)19(32)15(6-29)41-27/h7,10,12-16,18-30,32-37H,3-6,8-9H2,1-2H3/t12-,13-,14+,15-,16-,18+,19-,20-,21+,22+,23-,24-,25+,26-,27-/m1/s1. The SMILES string of the molecule is CC(C)CC(=O)O[C@@H]1OC=C(CO[C@@H]2O[C@H](CO[C@@H]3O[C@H](CO)[C@@H](O)[C@H](O)[C@H]3O)[C@@H](O)[C@H](O)[C@H]2O)[C@H]2C[C@H](O)[C@@H](CO)[C@@H]12. The summed E-state index contributed by atoms with van der Waals surface area (Å²) in [7, 11) is 0. The Morgan fingerprint density at radius 3 is 2.05 bits per heavy atom. The highest BCUT2D eigenvalue weighted by Crippen LogP contribution is 2.47. The third-order valence-corrected chi connectivity index (χ3v) is 8.48. The molecule has 2 saturated heterocycles. The van der Waals surface area contributed by atoms with Gasteiger partial charge in [-0.25, -0.2) is 0 Å². The number of ether oxygens (including phenoxy) is 6. The average Bonchev–Trinajstić information content (AvgIpc) is 3.31. The zero-order valence-electron chi connectivity index (χ0n) is 23.9. The zero-order valence-corrected chi connectivity index (χ0v) is 23.9. The van der Waals surface area contributed by atoms with Gasteiger partial charge in [0.15, 0.2) is 12.6 Å². The number of esters is 1. The van der Waals surface area contributed by atoms with Crippen LogP contribution >= 0.6 is 0 Å². The molecule has 248 valence electrons. The lowest BCUT2D eigenvalue weighted by atomic mass is 9.83. The highest BCUT2D eigenvalue weighted by Gasteiger charge is 2.52. The normalized spacial score (nSPS) is 44.9. The molecule has 4 aliphatic rings. The Bertz CT molecular complexity index is 946. The first kappa shape index (κ1) is 34.4. The summed E-state index contributed by atoms with van der Waals surface area (Å²) in [6, 6.07) is 0. The number of aliphatic hydroxyl groups excluding tert-OH is 9. The minimum absolute atomic E-state index is 0.0522. The number of carbonyl (C=O) groups excluding carboxylic acids is 1. The minimum Gasteiger partial charge on any atom is -0.462 e. The third kappa shape index (κ3) is 7.49. The van der Waals surface area contributed by atoms with Crippen molar-refractivity contribution in [2.45, 2.75) is 100 Å². The van der Waals surface area contributed by atoms with Crippen molar-refractivity contribution in [3.8, 4) is 0 Å². The predicted octanol–water partition coefficient (Wildman–Crippen LogP) is -3.94. The number of aliphatic hydroxyl groups is 9. The molecule has 0 aromatic heterocycles. The van der Waals surface area contributed by atoms with E-state index in [0.717, 1.165) is 0 Å². The summed E-state index contributed by atoms with van der Waals surface area (Å²) >= 11 is 0. The van der Waals surface area contributed by atoms with E-state index in [1.54, 1.807) is 0 Å². The van der Waals surface area contributed by atoms with E-state index in [9.17, 15) is 50.8 Å². The van der Waals surface area contributed by atoms with Crippen molar-refractivity contribution in [2.75, 3.05) is 26.4 Å². The molecule has 43 heavy (non-hydrogen) atoms. The zero-order chi connectivity index (χ0) is 31.6. The molecule has 0 unspecified atom stereocenters. The maximum absolute atomic E-state index is 12.3. The number of carbonyl (C=O) groups is 1. The summed E-state index contributed by atoms with van der Waals surface area (Å²) in [6.45, 7) is 1.94. The molecule has 0 aromatic carbocycles. The predicted molar refractivity (Wildman–Crippen MR) is 139 cm³/mol. The molecular formula is C27H44O16. The average molecular weight is 625 g/mol. The van der Waals surface area contributed by atoms with E-state index in [2.05, 4.69) is 0 Å². The Morgan fingerprint density at radius 1 is 0.837 bits per heavy atom. The van der Waals surface area contributed by atoms with Crippen molar-refractivity contribution in [2.24, 2.45) is 23.7 Å².